The summed E-state index contributed by atoms with van der Waals surface area (Å²) < 4.78 is 16.4. The summed E-state index contributed by atoms with van der Waals surface area (Å²) in [4.78, 5) is 30.1. The lowest BCUT2D eigenvalue weighted by atomic mass is 9.55. The minimum Gasteiger partial charge on any atom is -0.497 e. The summed E-state index contributed by atoms with van der Waals surface area (Å²) >= 11 is 0. The van der Waals surface area contributed by atoms with Crippen LogP contribution in [0, 0.1) is 11.3 Å². The third-order valence-electron chi connectivity index (χ3n) is 8.84. The van der Waals surface area contributed by atoms with Gasteiger partial charge in [0, 0.05) is 18.0 Å². The Kier molecular flexibility index (Phi) is 7.25. The molecule has 0 amide bonds. The van der Waals surface area contributed by atoms with Gasteiger partial charge in [-0.05, 0) is 53.1 Å². The number of methoxy groups -OCH3 is 3. The molecule has 3 aromatic rings. The van der Waals surface area contributed by atoms with Gasteiger partial charge in [0.1, 0.15) is 5.75 Å². The molecule has 204 valence electrons. The fourth-order valence-corrected chi connectivity index (χ4v) is 7.37. The number of benzene rings is 3. The maximum Gasteiger partial charge on any atom is 0.325 e. The van der Waals surface area contributed by atoms with E-state index in [1.807, 2.05) is 54.6 Å². The molecule has 6 nitrogen and oxygen atoms in total. The largest absolute Gasteiger partial charge is 0.497 e. The molecule has 1 fully saturated rings. The van der Waals surface area contributed by atoms with Crippen LogP contribution in [0.25, 0.3) is 0 Å². The summed E-state index contributed by atoms with van der Waals surface area (Å²) in [5.41, 5.74) is 2.60. The van der Waals surface area contributed by atoms with Crippen LogP contribution in [0.3, 0.4) is 0 Å². The van der Waals surface area contributed by atoms with E-state index < -0.39 is 23.4 Å². The Balaban J connectivity index is 1.79. The van der Waals surface area contributed by atoms with E-state index in [1.54, 1.807) is 7.11 Å². The SMILES string of the molecule is COC(=O)C1(C(=O)OC)CC2Cc3ccc(OC)cc3C(C)(C)C2N(Cc2ccccc2)C1c1ccccc1. The van der Waals surface area contributed by atoms with E-state index in [0.717, 1.165) is 23.3 Å². The first kappa shape index (κ1) is 26.9. The Hall–Kier alpha value is -3.64. The van der Waals surface area contributed by atoms with Crippen LogP contribution in [0.15, 0.2) is 78.9 Å². The maximum atomic E-state index is 13.9. The lowest BCUT2D eigenvalue weighted by molar-refractivity contribution is -0.189. The van der Waals surface area contributed by atoms with Crippen LogP contribution in [0.2, 0.25) is 0 Å². The molecule has 0 saturated carbocycles. The van der Waals surface area contributed by atoms with Crippen LogP contribution in [0.1, 0.15) is 48.6 Å². The van der Waals surface area contributed by atoms with Gasteiger partial charge in [-0.3, -0.25) is 14.5 Å². The fraction of sp³-hybridized carbons (Fsp3) is 0.394. The van der Waals surface area contributed by atoms with Gasteiger partial charge in [-0.15, -0.1) is 0 Å². The Morgan fingerprint density at radius 3 is 2.08 bits per heavy atom. The second kappa shape index (κ2) is 10.5. The number of rotatable bonds is 6. The van der Waals surface area contributed by atoms with Crippen molar-refractivity contribution in [2.45, 2.75) is 50.7 Å². The number of carbonyl (C=O) groups excluding carboxylic acids is 2. The summed E-state index contributed by atoms with van der Waals surface area (Å²) in [6.45, 7) is 5.09. The summed E-state index contributed by atoms with van der Waals surface area (Å²) in [5.74, 6) is -0.289. The van der Waals surface area contributed by atoms with E-state index in [0.29, 0.717) is 13.0 Å². The fourth-order valence-electron chi connectivity index (χ4n) is 7.37. The molecule has 0 aromatic heterocycles. The van der Waals surface area contributed by atoms with Gasteiger partial charge >= 0.3 is 11.9 Å². The van der Waals surface area contributed by atoms with E-state index in [4.69, 9.17) is 14.2 Å². The lowest BCUT2D eigenvalue weighted by Crippen LogP contribution is -2.66. The van der Waals surface area contributed by atoms with Gasteiger partial charge in [0.2, 0.25) is 0 Å². The second-order valence-corrected chi connectivity index (χ2v) is 11.3. The smallest absolute Gasteiger partial charge is 0.325 e. The van der Waals surface area contributed by atoms with Crippen molar-refractivity contribution in [2.24, 2.45) is 11.3 Å². The number of piperidine rings is 1. The normalized spacial score (nSPS) is 23.2. The van der Waals surface area contributed by atoms with Crippen LogP contribution in [-0.4, -0.2) is 44.2 Å². The Labute approximate surface area is 230 Å². The van der Waals surface area contributed by atoms with Crippen LogP contribution >= 0.6 is 0 Å². The molecule has 3 atom stereocenters. The first-order chi connectivity index (χ1) is 18.8. The number of esters is 2. The molecule has 39 heavy (non-hydrogen) atoms. The van der Waals surface area contributed by atoms with Crippen molar-refractivity contribution >= 4 is 11.9 Å². The van der Waals surface area contributed by atoms with Crippen LogP contribution in [0.5, 0.6) is 5.75 Å². The van der Waals surface area contributed by atoms with E-state index in [1.165, 1.54) is 25.3 Å². The molecule has 3 aromatic carbocycles. The molecular weight excluding hydrogens is 490 g/mol. The van der Waals surface area contributed by atoms with Gasteiger partial charge in [-0.2, -0.15) is 0 Å². The van der Waals surface area contributed by atoms with Crippen molar-refractivity contribution in [3.63, 3.8) is 0 Å². The zero-order valence-corrected chi connectivity index (χ0v) is 23.3. The molecule has 0 radical (unpaired) electrons. The molecule has 1 aliphatic heterocycles. The average molecular weight is 528 g/mol. The van der Waals surface area contributed by atoms with E-state index in [-0.39, 0.29) is 17.4 Å². The van der Waals surface area contributed by atoms with Crippen molar-refractivity contribution < 1.29 is 23.8 Å². The van der Waals surface area contributed by atoms with Crippen molar-refractivity contribution in [3.05, 3.63) is 101 Å². The van der Waals surface area contributed by atoms with Crippen molar-refractivity contribution in [3.8, 4) is 5.75 Å². The molecule has 5 rings (SSSR count). The quantitative estimate of drug-likeness (QED) is 0.312. The van der Waals surface area contributed by atoms with Gasteiger partial charge in [-0.25, -0.2) is 0 Å². The number of likely N-dealkylation sites (tertiary alicyclic amines) is 1. The third kappa shape index (κ3) is 4.41. The maximum absolute atomic E-state index is 13.9. The number of ether oxygens (including phenoxy) is 3. The van der Waals surface area contributed by atoms with Gasteiger partial charge in [0.05, 0.1) is 27.4 Å². The topological polar surface area (TPSA) is 65.1 Å². The summed E-state index contributed by atoms with van der Waals surface area (Å²) in [7, 11) is 4.40. The summed E-state index contributed by atoms with van der Waals surface area (Å²) in [5, 5.41) is 0. The predicted octanol–water partition coefficient (Wildman–Crippen LogP) is 5.49. The predicted molar refractivity (Wildman–Crippen MR) is 149 cm³/mol. The van der Waals surface area contributed by atoms with Gasteiger partial charge in [-0.1, -0.05) is 80.6 Å². The van der Waals surface area contributed by atoms with E-state index >= 15 is 0 Å². The molecule has 6 heteroatoms. The van der Waals surface area contributed by atoms with Crippen LogP contribution < -0.4 is 4.74 Å². The van der Waals surface area contributed by atoms with Gasteiger partial charge in [0.15, 0.2) is 5.41 Å². The minimum atomic E-state index is -1.53. The zero-order valence-electron chi connectivity index (χ0n) is 23.3. The molecule has 1 saturated heterocycles. The first-order valence-electron chi connectivity index (χ1n) is 13.5. The Morgan fingerprint density at radius 2 is 1.49 bits per heavy atom. The van der Waals surface area contributed by atoms with Crippen molar-refractivity contribution in [2.75, 3.05) is 21.3 Å². The number of fused-ring (bicyclic) bond motifs is 2. The second-order valence-electron chi connectivity index (χ2n) is 11.3. The molecule has 1 aliphatic carbocycles. The number of carbonyl (C=O) groups is 2. The van der Waals surface area contributed by atoms with E-state index in [9.17, 15) is 9.59 Å². The molecular formula is C33H37NO5. The highest BCUT2D eigenvalue weighted by Crippen LogP contribution is 2.58. The lowest BCUT2D eigenvalue weighted by Gasteiger charge is -2.60. The minimum absolute atomic E-state index is 0.00256. The number of nitrogens with zero attached hydrogens (tertiary/aromatic N) is 1. The number of hydrogen-bond donors (Lipinski definition) is 0. The van der Waals surface area contributed by atoms with Crippen molar-refractivity contribution in [1.29, 1.82) is 0 Å². The molecule has 2 aliphatic rings. The monoisotopic (exact) mass is 527 g/mol. The molecule has 0 N–H and O–H groups in total. The number of hydrogen-bond acceptors (Lipinski definition) is 6. The first-order valence-corrected chi connectivity index (χ1v) is 13.5. The highest BCUT2D eigenvalue weighted by molar-refractivity contribution is 6.01. The zero-order chi connectivity index (χ0) is 27.8. The molecule has 1 heterocycles. The highest BCUT2D eigenvalue weighted by Gasteiger charge is 2.65. The van der Waals surface area contributed by atoms with Crippen LogP contribution in [-0.2, 0) is 37.4 Å². The molecule has 3 unspecified atom stereocenters. The van der Waals surface area contributed by atoms with Gasteiger partial charge in [0.25, 0.3) is 0 Å². The summed E-state index contributed by atoms with van der Waals surface area (Å²) in [6, 6.07) is 25.8. The van der Waals surface area contributed by atoms with Crippen molar-refractivity contribution in [1.82, 2.24) is 4.90 Å². The Morgan fingerprint density at radius 1 is 0.872 bits per heavy atom. The molecule has 0 spiro atoms. The summed E-state index contributed by atoms with van der Waals surface area (Å²) in [6.07, 6.45) is 1.06. The van der Waals surface area contributed by atoms with E-state index in [2.05, 4.69) is 43.0 Å². The standard InChI is InChI=1S/C33H37NO5/c1-32(2)27-19-26(37-3)17-16-24(27)18-25-20-33(30(35)38-4,31(36)39-5)29(23-14-10-7-11-15-23)34(28(25)32)21-22-12-8-6-9-13-22/h6-17,19,25,28-29H,18,20-21H2,1-5H3. The van der Waals surface area contributed by atoms with Gasteiger partial charge < -0.3 is 14.2 Å². The average Bonchev–Trinajstić information content (AvgIpc) is 2.96. The highest BCUT2D eigenvalue weighted by atomic mass is 16.5. The van der Waals surface area contributed by atoms with Crippen LogP contribution in [0.4, 0.5) is 0 Å². The Bertz CT molecular complexity index is 1320. The third-order valence-corrected chi connectivity index (χ3v) is 8.84. The molecule has 0 bridgehead atoms.